The summed E-state index contributed by atoms with van der Waals surface area (Å²) in [6.45, 7) is 0. The third-order valence-electron chi connectivity index (χ3n) is 1.38. The fourth-order valence-corrected chi connectivity index (χ4v) is 1.99. The summed E-state index contributed by atoms with van der Waals surface area (Å²) < 4.78 is 0. The molecule has 0 aliphatic carbocycles. The van der Waals surface area contributed by atoms with Crippen LogP contribution in [-0.4, -0.2) is 21.9 Å². The van der Waals surface area contributed by atoms with E-state index < -0.39 is 5.97 Å². The molecule has 0 radical (unpaired) electrons. The highest BCUT2D eigenvalue weighted by Gasteiger charge is 2.10. The fraction of sp³-hybridized carbons (Fsp3) is 0.125. The minimum atomic E-state index is -0.935. The van der Waals surface area contributed by atoms with E-state index in [1.807, 2.05) is 0 Å². The maximum atomic E-state index is 10.3. The fourth-order valence-electron chi connectivity index (χ4n) is 0.773. The maximum Gasteiger partial charge on any atom is 0.313 e. The summed E-state index contributed by atoms with van der Waals surface area (Å²) in [6, 6.07) is 2.90. The number of aromatic hydroxyl groups is 1. The number of phenolic OH excluding ortho intramolecular Hbond substituents is 1. The van der Waals surface area contributed by atoms with Crippen molar-refractivity contribution in [3.05, 3.63) is 22.2 Å². The van der Waals surface area contributed by atoms with E-state index >= 15 is 0 Å². The smallest absolute Gasteiger partial charge is 0.313 e. The number of hydrogen-bond acceptors (Lipinski definition) is 3. The van der Waals surface area contributed by atoms with Crippen LogP contribution in [-0.2, 0) is 4.79 Å². The molecule has 6 heteroatoms. The summed E-state index contributed by atoms with van der Waals surface area (Å²) in [6.07, 6.45) is 0. The molecule has 1 rings (SSSR count). The van der Waals surface area contributed by atoms with E-state index in [2.05, 4.69) is 0 Å². The van der Waals surface area contributed by atoms with Crippen molar-refractivity contribution in [1.82, 2.24) is 0 Å². The van der Waals surface area contributed by atoms with Gasteiger partial charge in [0.25, 0.3) is 0 Å². The highest BCUT2D eigenvalue weighted by atomic mass is 35.5. The van der Waals surface area contributed by atoms with Crippen LogP contribution in [0.3, 0.4) is 0 Å². The van der Waals surface area contributed by atoms with Crippen LogP contribution >= 0.6 is 35.0 Å². The molecule has 14 heavy (non-hydrogen) atoms. The van der Waals surface area contributed by atoms with E-state index in [9.17, 15) is 4.79 Å². The third-order valence-corrected chi connectivity index (χ3v) is 3.40. The summed E-state index contributed by atoms with van der Waals surface area (Å²) in [5.74, 6) is -1.15. The lowest BCUT2D eigenvalue weighted by molar-refractivity contribution is -0.133. The number of aliphatic carboxylic acids is 1. The Bertz CT molecular complexity index is 368. The number of hydrogen-bond donors (Lipinski definition) is 2. The molecule has 1 aromatic carbocycles. The molecule has 0 amide bonds. The summed E-state index contributed by atoms with van der Waals surface area (Å²) in [7, 11) is 0. The molecular formula is C8H6Cl2O3S. The standard InChI is InChI=1S/C8H6Cl2O3S/c9-7-4(11)1-2-5(8(7)10)14-3-6(12)13/h1-2,11H,3H2,(H,12,13). The van der Waals surface area contributed by atoms with Gasteiger partial charge in [-0.2, -0.15) is 0 Å². The zero-order valence-electron chi connectivity index (χ0n) is 6.83. The van der Waals surface area contributed by atoms with E-state index in [-0.39, 0.29) is 21.5 Å². The second-order valence-electron chi connectivity index (χ2n) is 2.39. The number of rotatable bonds is 3. The number of carboxylic acid groups (broad SMARTS) is 1. The first kappa shape index (κ1) is 11.5. The quantitative estimate of drug-likeness (QED) is 0.813. The van der Waals surface area contributed by atoms with E-state index in [4.69, 9.17) is 33.4 Å². The molecule has 76 valence electrons. The first-order valence-electron chi connectivity index (χ1n) is 3.54. The van der Waals surface area contributed by atoms with Crippen molar-refractivity contribution in [2.75, 3.05) is 5.75 Å². The van der Waals surface area contributed by atoms with Gasteiger partial charge in [0.15, 0.2) is 0 Å². The van der Waals surface area contributed by atoms with Crippen molar-refractivity contribution in [2.24, 2.45) is 0 Å². The Morgan fingerprint density at radius 3 is 2.57 bits per heavy atom. The van der Waals surface area contributed by atoms with Gasteiger partial charge < -0.3 is 10.2 Å². The molecule has 2 N–H and O–H groups in total. The average molecular weight is 253 g/mol. The molecule has 0 aliphatic heterocycles. The topological polar surface area (TPSA) is 57.5 Å². The summed E-state index contributed by atoms with van der Waals surface area (Å²) >= 11 is 12.5. The minimum absolute atomic E-state index is 0.0436. The van der Waals surface area contributed by atoms with Crippen LogP contribution in [0.2, 0.25) is 10.0 Å². The second kappa shape index (κ2) is 4.77. The number of phenols is 1. The second-order valence-corrected chi connectivity index (χ2v) is 4.17. The van der Waals surface area contributed by atoms with Gasteiger partial charge in [0.1, 0.15) is 10.8 Å². The first-order chi connectivity index (χ1) is 6.52. The lowest BCUT2D eigenvalue weighted by Gasteiger charge is -2.04. The number of carbonyl (C=O) groups is 1. The Labute approximate surface area is 94.6 Å². The van der Waals surface area contributed by atoms with Crippen molar-refractivity contribution < 1.29 is 15.0 Å². The van der Waals surface area contributed by atoms with Crippen molar-refractivity contribution in [2.45, 2.75) is 4.90 Å². The van der Waals surface area contributed by atoms with E-state index in [1.165, 1.54) is 12.1 Å². The van der Waals surface area contributed by atoms with Crippen molar-refractivity contribution in [1.29, 1.82) is 0 Å². The molecule has 0 unspecified atom stereocenters. The van der Waals surface area contributed by atoms with Crippen LogP contribution in [0.1, 0.15) is 0 Å². The molecule has 0 spiro atoms. The molecule has 3 nitrogen and oxygen atoms in total. The highest BCUT2D eigenvalue weighted by molar-refractivity contribution is 8.00. The zero-order valence-corrected chi connectivity index (χ0v) is 9.16. The van der Waals surface area contributed by atoms with Gasteiger partial charge in [0.2, 0.25) is 0 Å². The van der Waals surface area contributed by atoms with Gasteiger partial charge in [-0.25, -0.2) is 0 Å². The van der Waals surface area contributed by atoms with Crippen LogP contribution in [0.25, 0.3) is 0 Å². The van der Waals surface area contributed by atoms with E-state index in [0.717, 1.165) is 11.8 Å². The number of benzene rings is 1. The summed E-state index contributed by atoms with van der Waals surface area (Å²) in [5, 5.41) is 17.8. The Hall–Kier alpha value is -0.580. The molecule has 1 aromatic rings. The molecule has 0 saturated heterocycles. The number of thioether (sulfide) groups is 1. The van der Waals surface area contributed by atoms with Crippen LogP contribution in [0.4, 0.5) is 0 Å². The van der Waals surface area contributed by atoms with Gasteiger partial charge in [-0.05, 0) is 12.1 Å². The third kappa shape index (κ3) is 2.70. The lowest BCUT2D eigenvalue weighted by atomic mass is 10.3. The molecule has 0 heterocycles. The predicted molar refractivity (Wildman–Crippen MR) is 56.5 cm³/mol. The lowest BCUT2D eigenvalue weighted by Crippen LogP contribution is -1.97. The summed E-state index contributed by atoms with van der Waals surface area (Å²) in [4.78, 5) is 10.8. The molecule has 0 fully saturated rings. The molecule has 0 aromatic heterocycles. The SMILES string of the molecule is O=C(O)CSc1ccc(O)c(Cl)c1Cl. The first-order valence-corrected chi connectivity index (χ1v) is 5.28. The van der Waals surface area contributed by atoms with Gasteiger partial charge in [-0.15, -0.1) is 11.8 Å². The normalized spacial score (nSPS) is 10.1. The largest absolute Gasteiger partial charge is 0.506 e. The van der Waals surface area contributed by atoms with Gasteiger partial charge in [-0.3, -0.25) is 4.79 Å². The average Bonchev–Trinajstić information content (AvgIpc) is 2.13. The Morgan fingerprint density at radius 2 is 2.00 bits per heavy atom. The van der Waals surface area contributed by atoms with Gasteiger partial charge in [-0.1, -0.05) is 23.2 Å². The Balaban J connectivity index is 2.88. The van der Waals surface area contributed by atoms with Crippen LogP contribution < -0.4 is 0 Å². The van der Waals surface area contributed by atoms with E-state index in [1.54, 1.807) is 0 Å². The monoisotopic (exact) mass is 252 g/mol. The maximum absolute atomic E-state index is 10.3. The van der Waals surface area contributed by atoms with Crippen molar-refractivity contribution in [3.8, 4) is 5.75 Å². The van der Waals surface area contributed by atoms with E-state index in [0.29, 0.717) is 4.90 Å². The Kier molecular flexibility index (Phi) is 3.92. The molecule has 0 aliphatic rings. The van der Waals surface area contributed by atoms with Gasteiger partial charge in [0, 0.05) is 4.90 Å². The van der Waals surface area contributed by atoms with Crippen LogP contribution in [0, 0.1) is 0 Å². The van der Waals surface area contributed by atoms with Gasteiger partial charge >= 0.3 is 5.97 Å². The number of carboxylic acids is 1. The molecule has 0 atom stereocenters. The van der Waals surface area contributed by atoms with Crippen LogP contribution in [0.5, 0.6) is 5.75 Å². The molecule has 0 bridgehead atoms. The van der Waals surface area contributed by atoms with Crippen LogP contribution in [0.15, 0.2) is 17.0 Å². The van der Waals surface area contributed by atoms with Gasteiger partial charge in [0.05, 0.1) is 10.8 Å². The predicted octanol–water partition coefficient (Wildman–Crippen LogP) is 2.88. The minimum Gasteiger partial charge on any atom is -0.506 e. The molecular weight excluding hydrogens is 247 g/mol. The molecule has 0 saturated carbocycles. The van der Waals surface area contributed by atoms with Crippen molar-refractivity contribution in [3.63, 3.8) is 0 Å². The highest BCUT2D eigenvalue weighted by Crippen LogP contribution is 2.38. The van der Waals surface area contributed by atoms with Crippen molar-refractivity contribution >= 4 is 40.9 Å². The summed E-state index contributed by atoms with van der Waals surface area (Å²) in [5.41, 5.74) is 0. The zero-order chi connectivity index (χ0) is 10.7. The number of halogens is 2. The Morgan fingerprint density at radius 1 is 1.36 bits per heavy atom.